The first kappa shape index (κ1) is 32.0. The number of oxazole rings is 1. The predicted molar refractivity (Wildman–Crippen MR) is 160 cm³/mol. The second-order valence-corrected chi connectivity index (χ2v) is 11.0. The van der Waals surface area contributed by atoms with Crippen molar-refractivity contribution in [1.82, 2.24) is 24.8 Å². The van der Waals surface area contributed by atoms with Gasteiger partial charge in [-0.15, -0.1) is 48.3 Å². The Balaban J connectivity index is 0.00000241. The number of piperazine rings is 1. The summed E-state index contributed by atoms with van der Waals surface area (Å²) in [6, 6.07) is 5.78. The number of fused-ring (bicyclic) bond motifs is 1. The first-order chi connectivity index (χ1) is 17.1. The van der Waals surface area contributed by atoms with Crippen molar-refractivity contribution in [2.24, 2.45) is 0 Å². The maximum absolute atomic E-state index is 12.7. The molecule has 0 unspecified atom stereocenters. The summed E-state index contributed by atoms with van der Waals surface area (Å²) in [7, 11) is 0. The van der Waals surface area contributed by atoms with E-state index >= 15 is 0 Å². The molecule has 3 aromatic heterocycles. The standard InChI is InChI=1S/C24H32N6O2S3.2ClH/c1-17-16-19(33-2)21(23(26-17)34-3)27-20(31)7-10-30-13-11-29(12-14-30)9-5-15-35-24-28-22-18(32-24)6-4-8-25-22;;/h4,6,8,16H,5,7,9-15H2,1-3H3,(H,27,31);2*1H. The van der Waals surface area contributed by atoms with Crippen LogP contribution in [0.2, 0.25) is 0 Å². The number of aryl methyl sites for hydroxylation is 1. The average molecular weight is 606 g/mol. The van der Waals surface area contributed by atoms with E-state index in [1.54, 1.807) is 41.5 Å². The summed E-state index contributed by atoms with van der Waals surface area (Å²) in [6.45, 7) is 7.89. The van der Waals surface area contributed by atoms with Gasteiger partial charge >= 0.3 is 0 Å². The Labute approximate surface area is 243 Å². The molecule has 13 heteroatoms. The lowest BCUT2D eigenvalue weighted by Crippen LogP contribution is -2.47. The second-order valence-electron chi connectivity index (χ2n) is 8.34. The molecular weight excluding hydrogens is 571 g/mol. The zero-order valence-electron chi connectivity index (χ0n) is 21.3. The molecule has 1 saturated heterocycles. The number of aromatic nitrogens is 3. The molecule has 1 aliphatic heterocycles. The largest absolute Gasteiger partial charge is 0.430 e. The van der Waals surface area contributed by atoms with E-state index in [1.165, 1.54) is 0 Å². The highest BCUT2D eigenvalue weighted by Crippen LogP contribution is 2.33. The highest BCUT2D eigenvalue weighted by Gasteiger charge is 2.19. The first-order valence-corrected chi connectivity index (χ1v) is 15.2. The maximum Gasteiger partial charge on any atom is 0.258 e. The molecule has 0 aromatic carbocycles. The third kappa shape index (κ3) is 9.19. The Hall–Kier alpha value is -1.21. The van der Waals surface area contributed by atoms with Crippen LogP contribution < -0.4 is 5.32 Å². The molecule has 0 bridgehead atoms. The molecule has 0 radical (unpaired) electrons. The number of hydrogen-bond donors (Lipinski definition) is 1. The van der Waals surface area contributed by atoms with Crippen LogP contribution in [0.4, 0.5) is 5.69 Å². The van der Waals surface area contributed by atoms with Crippen LogP contribution in [0.15, 0.2) is 44.0 Å². The topological polar surface area (TPSA) is 87.4 Å². The van der Waals surface area contributed by atoms with Crippen molar-refractivity contribution in [2.75, 3.05) is 62.8 Å². The second kappa shape index (κ2) is 16.0. The lowest BCUT2D eigenvalue weighted by atomic mass is 10.2. The van der Waals surface area contributed by atoms with Crippen molar-refractivity contribution < 1.29 is 9.21 Å². The number of hydrogen-bond acceptors (Lipinski definition) is 10. The van der Waals surface area contributed by atoms with Gasteiger partial charge in [0.15, 0.2) is 11.2 Å². The predicted octanol–water partition coefficient (Wildman–Crippen LogP) is 5.34. The fourth-order valence-electron chi connectivity index (χ4n) is 4.00. The van der Waals surface area contributed by atoms with E-state index in [0.29, 0.717) is 17.3 Å². The van der Waals surface area contributed by atoms with Gasteiger partial charge in [-0.3, -0.25) is 4.79 Å². The zero-order chi connectivity index (χ0) is 24.6. The van der Waals surface area contributed by atoms with Gasteiger partial charge in [-0.2, -0.15) is 4.98 Å². The van der Waals surface area contributed by atoms with Crippen molar-refractivity contribution in [3.8, 4) is 0 Å². The number of carbonyl (C=O) groups excluding carboxylic acids is 1. The van der Waals surface area contributed by atoms with E-state index in [2.05, 4.69) is 30.1 Å². The molecule has 37 heavy (non-hydrogen) atoms. The molecule has 204 valence electrons. The number of anilines is 1. The molecular formula is C24H34Cl2N6O2S3. The fraction of sp³-hybridized carbons (Fsp3) is 0.500. The number of amides is 1. The van der Waals surface area contributed by atoms with Crippen molar-refractivity contribution in [3.05, 3.63) is 30.1 Å². The molecule has 1 fully saturated rings. The molecule has 4 heterocycles. The number of halogens is 2. The SMILES string of the molecule is CSc1cc(C)nc(SC)c1NC(=O)CCN1CCN(CCCSc2nc3ncccc3o2)CC1.Cl.Cl. The highest BCUT2D eigenvalue weighted by molar-refractivity contribution is 7.99. The van der Waals surface area contributed by atoms with E-state index in [9.17, 15) is 4.79 Å². The Morgan fingerprint density at radius 2 is 1.81 bits per heavy atom. The molecule has 0 aliphatic carbocycles. The molecule has 8 nitrogen and oxygen atoms in total. The van der Waals surface area contributed by atoms with E-state index in [1.807, 2.05) is 37.6 Å². The van der Waals surface area contributed by atoms with Crippen LogP contribution in [0.1, 0.15) is 18.5 Å². The number of carbonyl (C=O) groups is 1. The lowest BCUT2D eigenvalue weighted by Gasteiger charge is -2.34. The summed E-state index contributed by atoms with van der Waals surface area (Å²) in [5, 5.41) is 4.68. The Morgan fingerprint density at radius 1 is 1.08 bits per heavy atom. The van der Waals surface area contributed by atoms with Crippen molar-refractivity contribution >= 4 is 82.9 Å². The van der Waals surface area contributed by atoms with Gasteiger partial charge in [-0.25, -0.2) is 9.97 Å². The molecule has 1 aliphatic rings. The van der Waals surface area contributed by atoms with Gasteiger partial charge in [0.05, 0.1) is 5.69 Å². The summed E-state index contributed by atoms with van der Waals surface area (Å²) in [6.07, 6.45) is 7.33. The first-order valence-electron chi connectivity index (χ1n) is 11.7. The molecule has 1 N–H and O–H groups in total. The summed E-state index contributed by atoms with van der Waals surface area (Å²) in [5.74, 6) is 1.02. The highest BCUT2D eigenvalue weighted by atomic mass is 35.5. The van der Waals surface area contributed by atoms with Crippen LogP contribution in [0, 0.1) is 6.92 Å². The minimum absolute atomic E-state index is 0. The number of nitrogens with one attached hydrogen (secondary N) is 1. The van der Waals surface area contributed by atoms with E-state index in [0.717, 1.165) is 78.3 Å². The molecule has 1 amide bonds. The van der Waals surface area contributed by atoms with Gasteiger partial charge in [-0.1, -0.05) is 11.8 Å². The van der Waals surface area contributed by atoms with Crippen molar-refractivity contribution in [2.45, 2.75) is 34.9 Å². The Morgan fingerprint density at radius 3 is 2.49 bits per heavy atom. The quantitative estimate of drug-likeness (QED) is 0.228. The van der Waals surface area contributed by atoms with Crippen LogP contribution in [0.5, 0.6) is 0 Å². The zero-order valence-corrected chi connectivity index (χ0v) is 25.3. The summed E-state index contributed by atoms with van der Waals surface area (Å²) in [4.78, 5) is 31.8. The van der Waals surface area contributed by atoms with Crippen molar-refractivity contribution in [3.63, 3.8) is 0 Å². The monoisotopic (exact) mass is 604 g/mol. The minimum Gasteiger partial charge on any atom is -0.430 e. The molecule has 3 aromatic rings. The Bertz CT molecular complexity index is 1090. The van der Waals surface area contributed by atoms with Crippen molar-refractivity contribution in [1.29, 1.82) is 0 Å². The average Bonchev–Trinajstić information content (AvgIpc) is 3.29. The number of thioether (sulfide) groups is 3. The number of pyridine rings is 2. The van der Waals surface area contributed by atoms with E-state index < -0.39 is 0 Å². The normalized spacial score (nSPS) is 14.2. The van der Waals surface area contributed by atoms with Gasteiger partial charge in [-0.05, 0) is 50.6 Å². The van der Waals surface area contributed by atoms with Crippen LogP contribution in [0.25, 0.3) is 11.2 Å². The van der Waals surface area contributed by atoms with Crippen LogP contribution in [0.3, 0.4) is 0 Å². The number of rotatable bonds is 11. The van der Waals surface area contributed by atoms with Gasteiger partial charge in [0, 0.05) is 61.7 Å². The fourth-order valence-corrected chi connectivity index (χ4v) is 6.05. The third-order valence-electron chi connectivity index (χ3n) is 5.87. The smallest absolute Gasteiger partial charge is 0.258 e. The van der Waals surface area contributed by atoms with Gasteiger partial charge in [0.25, 0.3) is 5.22 Å². The third-order valence-corrected chi connectivity index (χ3v) is 8.22. The molecule has 4 rings (SSSR count). The molecule has 0 spiro atoms. The van der Waals surface area contributed by atoms with Gasteiger partial charge in [0.1, 0.15) is 5.03 Å². The summed E-state index contributed by atoms with van der Waals surface area (Å²) < 4.78 is 5.72. The molecule has 0 atom stereocenters. The van der Waals surface area contributed by atoms with Gasteiger partial charge in [0.2, 0.25) is 5.91 Å². The van der Waals surface area contributed by atoms with Gasteiger partial charge < -0.3 is 19.5 Å². The number of nitrogens with zero attached hydrogens (tertiary/aromatic N) is 5. The summed E-state index contributed by atoms with van der Waals surface area (Å²) >= 11 is 4.85. The maximum atomic E-state index is 12.7. The van der Waals surface area contributed by atoms with E-state index in [-0.39, 0.29) is 30.7 Å². The van der Waals surface area contributed by atoms with Crippen LogP contribution in [-0.2, 0) is 4.79 Å². The van der Waals surface area contributed by atoms with Crippen LogP contribution >= 0.6 is 60.1 Å². The minimum atomic E-state index is 0. The van der Waals surface area contributed by atoms with Crippen LogP contribution in [-0.4, -0.2) is 88.2 Å². The summed E-state index contributed by atoms with van der Waals surface area (Å²) in [5.41, 5.74) is 3.23. The molecule has 0 saturated carbocycles. The van der Waals surface area contributed by atoms with E-state index in [4.69, 9.17) is 4.42 Å². The Kier molecular flexibility index (Phi) is 13.9. The lowest BCUT2D eigenvalue weighted by molar-refractivity contribution is -0.116.